The van der Waals surface area contributed by atoms with Gasteiger partial charge in [-0.15, -0.1) is 0 Å². The maximum atomic E-state index is 11.6. The molecule has 1 aliphatic heterocycles. The molecule has 7 heteroatoms. The van der Waals surface area contributed by atoms with Crippen molar-refractivity contribution in [2.24, 2.45) is 5.73 Å². The van der Waals surface area contributed by atoms with Crippen molar-refractivity contribution < 1.29 is 4.79 Å². The van der Waals surface area contributed by atoms with Crippen LogP contribution in [-0.4, -0.2) is 41.2 Å². The summed E-state index contributed by atoms with van der Waals surface area (Å²) < 4.78 is 0. The molecule has 1 fully saturated rings. The fourth-order valence-electron chi connectivity index (χ4n) is 2.70. The third kappa shape index (κ3) is 4.07. The van der Waals surface area contributed by atoms with Crippen molar-refractivity contribution in [2.75, 3.05) is 29.9 Å². The number of carbonyl (C=O) groups is 1. The molecule has 0 bridgehead atoms. The van der Waals surface area contributed by atoms with E-state index in [-0.39, 0.29) is 5.69 Å². The van der Waals surface area contributed by atoms with Crippen LogP contribution in [0.5, 0.6) is 0 Å². The molecule has 1 amide bonds. The lowest BCUT2D eigenvalue weighted by Gasteiger charge is -2.30. The number of piperidine rings is 1. The largest absolute Gasteiger partial charge is 0.364 e. The Bertz CT molecular complexity index is 525. The standard InChI is InChI=1S/C15H26N6O/c1-4-18-15(2,3)20-14-12(13(16)22)17-10-11(19-14)21-8-6-5-7-9-21/h10,18H,4-9H2,1-3H3,(H2,16,22)(H,19,20). The van der Waals surface area contributed by atoms with E-state index in [1.807, 2.05) is 20.8 Å². The van der Waals surface area contributed by atoms with Crippen molar-refractivity contribution in [3.63, 3.8) is 0 Å². The molecule has 1 aliphatic rings. The Morgan fingerprint density at radius 3 is 2.64 bits per heavy atom. The van der Waals surface area contributed by atoms with Gasteiger partial charge in [0.15, 0.2) is 11.5 Å². The molecular formula is C15H26N6O. The molecular weight excluding hydrogens is 280 g/mol. The van der Waals surface area contributed by atoms with Gasteiger partial charge in [-0.25, -0.2) is 9.97 Å². The molecule has 1 aromatic heterocycles. The Balaban J connectivity index is 2.29. The second kappa shape index (κ2) is 6.91. The number of aromatic nitrogens is 2. The third-order valence-electron chi connectivity index (χ3n) is 3.72. The van der Waals surface area contributed by atoms with E-state index in [1.165, 1.54) is 6.42 Å². The molecule has 0 aliphatic carbocycles. The Morgan fingerprint density at radius 1 is 1.36 bits per heavy atom. The normalized spacial score (nSPS) is 15.7. The van der Waals surface area contributed by atoms with Crippen molar-refractivity contribution >= 4 is 17.5 Å². The van der Waals surface area contributed by atoms with Crippen molar-refractivity contribution in [2.45, 2.75) is 45.7 Å². The molecule has 7 nitrogen and oxygen atoms in total. The van der Waals surface area contributed by atoms with Gasteiger partial charge in [0.25, 0.3) is 5.91 Å². The van der Waals surface area contributed by atoms with E-state index < -0.39 is 11.6 Å². The molecule has 0 unspecified atom stereocenters. The first-order valence-corrected chi connectivity index (χ1v) is 7.88. The van der Waals surface area contributed by atoms with Crippen LogP contribution in [0.15, 0.2) is 6.20 Å². The number of nitrogens with zero attached hydrogens (tertiary/aromatic N) is 3. The highest BCUT2D eigenvalue weighted by Crippen LogP contribution is 2.22. The summed E-state index contributed by atoms with van der Waals surface area (Å²) in [6.07, 6.45) is 5.20. The summed E-state index contributed by atoms with van der Waals surface area (Å²) in [6, 6.07) is 0. The molecule has 122 valence electrons. The van der Waals surface area contributed by atoms with Crippen LogP contribution in [0.25, 0.3) is 0 Å². The van der Waals surface area contributed by atoms with Crippen molar-refractivity contribution in [1.82, 2.24) is 15.3 Å². The molecule has 1 saturated heterocycles. The Labute approximate surface area is 131 Å². The van der Waals surface area contributed by atoms with Crippen LogP contribution in [0.4, 0.5) is 11.6 Å². The number of nitrogens with two attached hydrogens (primary N) is 1. The van der Waals surface area contributed by atoms with Crippen LogP contribution in [0, 0.1) is 0 Å². The number of amides is 1. The first kappa shape index (κ1) is 16.5. The van der Waals surface area contributed by atoms with Crippen LogP contribution in [-0.2, 0) is 0 Å². The topological polar surface area (TPSA) is 96.2 Å². The van der Waals surface area contributed by atoms with Crippen molar-refractivity contribution in [1.29, 1.82) is 0 Å². The predicted octanol–water partition coefficient (Wildman–Crippen LogP) is 1.32. The maximum Gasteiger partial charge on any atom is 0.271 e. The SMILES string of the molecule is CCNC(C)(C)Nc1nc(N2CCCCC2)cnc1C(N)=O. The number of hydrogen-bond acceptors (Lipinski definition) is 6. The average molecular weight is 306 g/mol. The monoisotopic (exact) mass is 306 g/mol. The summed E-state index contributed by atoms with van der Waals surface area (Å²) in [5.41, 5.74) is 5.18. The lowest BCUT2D eigenvalue weighted by molar-refractivity contribution is 0.0996. The summed E-state index contributed by atoms with van der Waals surface area (Å²) >= 11 is 0. The lowest BCUT2D eigenvalue weighted by atomic mass is 10.1. The van der Waals surface area contributed by atoms with Gasteiger partial charge in [0.2, 0.25) is 0 Å². The van der Waals surface area contributed by atoms with Crippen molar-refractivity contribution in [3.8, 4) is 0 Å². The van der Waals surface area contributed by atoms with E-state index in [0.717, 1.165) is 38.3 Å². The van der Waals surface area contributed by atoms with Gasteiger partial charge in [-0.05, 0) is 39.7 Å². The van der Waals surface area contributed by atoms with Crippen LogP contribution in [0.3, 0.4) is 0 Å². The molecule has 0 aromatic carbocycles. The maximum absolute atomic E-state index is 11.6. The van der Waals surface area contributed by atoms with Gasteiger partial charge < -0.3 is 16.0 Å². The first-order valence-electron chi connectivity index (χ1n) is 7.88. The van der Waals surface area contributed by atoms with E-state index in [0.29, 0.717) is 5.82 Å². The van der Waals surface area contributed by atoms with Gasteiger partial charge in [0.05, 0.1) is 11.9 Å². The zero-order chi connectivity index (χ0) is 16.2. The summed E-state index contributed by atoms with van der Waals surface area (Å²) in [5, 5.41) is 6.53. The number of hydrogen-bond donors (Lipinski definition) is 3. The average Bonchev–Trinajstić information content (AvgIpc) is 2.47. The number of primary amides is 1. The Hall–Kier alpha value is -1.89. The molecule has 1 aromatic rings. The minimum atomic E-state index is -0.576. The minimum Gasteiger partial charge on any atom is -0.364 e. The quantitative estimate of drug-likeness (QED) is 0.686. The highest BCUT2D eigenvalue weighted by Gasteiger charge is 2.22. The number of anilines is 2. The second-order valence-electron chi connectivity index (χ2n) is 6.12. The zero-order valence-electron chi connectivity index (χ0n) is 13.6. The number of nitrogens with one attached hydrogen (secondary N) is 2. The fourth-order valence-corrected chi connectivity index (χ4v) is 2.70. The molecule has 2 heterocycles. The summed E-state index contributed by atoms with van der Waals surface area (Å²) in [7, 11) is 0. The van der Waals surface area contributed by atoms with E-state index in [1.54, 1.807) is 6.20 Å². The van der Waals surface area contributed by atoms with E-state index in [9.17, 15) is 4.79 Å². The van der Waals surface area contributed by atoms with Gasteiger partial charge in [0.1, 0.15) is 5.82 Å². The molecule has 22 heavy (non-hydrogen) atoms. The number of rotatable bonds is 6. The lowest BCUT2D eigenvalue weighted by Crippen LogP contribution is -2.47. The van der Waals surface area contributed by atoms with E-state index in [4.69, 9.17) is 5.73 Å². The molecule has 0 spiro atoms. The van der Waals surface area contributed by atoms with Gasteiger partial charge in [-0.3, -0.25) is 10.1 Å². The molecule has 0 atom stereocenters. The number of carbonyl (C=O) groups excluding carboxylic acids is 1. The third-order valence-corrected chi connectivity index (χ3v) is 3.72. The van der Waals surface area contributed by atoms with Gasteiger partial charge in [0, 0.05) is 13.1 Å². The predicted molar refractivity (Wildman–Crippen MR) is 88.0 cm³/mol. The van der Waals surface area contributed by atoms with Crippen molar-refractivity contribution in [3.05, 3.63) is 11.9 Å². The van der Waals surface area contributed by atoms with Crippen LogP contribution in [0.1, 0.15) is 50.5 Å². The molecule has 0 saturated carbocycles. The Morgan fingerprint density at radius 2 is 2.05 bits per heavy atom. The van der Waals surface area contributed by atoms with Crippen LogP contribution in [0.2, 0.25) is 0 Å². The molecule has 0 radical (unpaired) electrons. The van der Waals surface area contributed by atoms with Gasteiger partial charge >= 0.3 is 0 Å². The van der Waals surface area contributed by atoms with Gasteiger partial charge in [-0.2, -0.15) is 0 Å². The summed E-state index contributed by atoms with van der Waals surface area (Å²) in [4.78, 5) is 22.6. The second-order valence-corrected chi connectivity index (χ2v) is 6.12. The zero-order valence-corrected chi connectivity index (χ0v) is 13.6. The fraction of sp³-hybridized carbons (Fsp3) is 0.667. The summed E-state index contributed by atoms with van der Waals surface area (Å²) in [6.45, 7) is 8.73. The smallest absolute Gasteiger partial charge is 0.271 e. The minimum absolute atomic E-state index is 0.173. The Kier molecular flexibility index (Phi) is 5.18. The highest BCUT2D eigenvalue weighted by molar-refractivity contribution is 5.95. The highest BCUT2D eigenvalue weighted by atomic mass is 16.1. The van der Waals surface area contributed by atoms with Gasteiger partial charge in [-0.1, -0.05) is 6.92 Å². The van der Waals surface area contributed by atoms with E-state index in [2.05, 4.69) is 25.5 Å². The van der Waals surface area contributed by atoms with E-state index >= 15 is 0 Å². The first-order chi connectivity index (χ1) is 10.4. The molecule has 2 rings (SSSR count). The molecule has 4 N–H and O–H groups in total. The van der Waals surface area contributed by atoms with Crippen LogP contribution < -0.4 is 21.3 Å². The summed E-state index contributed by atoms with van der Waals surface area (Å²) in [5.74, 6) is 0.647. The van der Waals surface area contributed by atoms with Crippen LogP contribution >= 0.6 is 0 Å².